The van der Waals surface area contributed by atoms with E-state index in [1.165, 1.54) is 11.0 Å². The van der Waals surface area contributed by atoms with E-state index in [4.69, 9.17) is 16.3 Å². The molecule has 0 saturated carbocycles. The van der Waals surface area contributed by atoms with Crippen LogP contribution >= 0.6 is 11.6 Å². The summed E-state index contributed by atoms with van der Waals surface area (Å²) < 4.78 is 20.1. The number of nitrogens with zero attached hydrogens (tertiary/aromatic N) is 1. The summed E-state index contributed by atoms with van der Waals surface area (Å²) in [5, 5.41) is 6.31. The molecule has 210 valence electrons. The molecule has 3 amide bonds. The molecule has 0 saturated heterocycles. The van der Waals surface area contributed by atoms with Gasteiger partial charge in [0.05, 0.1) is 18.2 Å². The minimum atomic E-state index is -0.429. The minimum Gasteiger partial charge on any atom is -0.491 e. The van der Waals surface area contributed by atoms with E-state index >= 15 is 0 Å². The Balaban J connectivity index is 1.51. The summed E-state index contributed by atoms with van der Waals surface area (Å²) in [6.45, 7) is 0.691. The minimum absolute atomic E-state index is 0.0809. The number of carbonyl (C=O) groups excluding carboxylic acids is 3. The molecular formula is C31H33ClFN3O4. The summed E-state index contributed by atoms with van der Waals surface area (Å²) in [5.74, 6) is -0.844. The van der Waals surface area contributed by atoms with Crippen molar-refractivity contribution in [1.29, 1.82) is 0 Å². The summed E-state index contributed by atoms with van der Waals surface area (Å²) in [5.41, 5.74) is 1.78. The van der Waals surface area contributed by atoms with E-state index in [2.05, 4.69) is 10.6 Å². The summed E-state index contributed by atoms with van der Waals surface area (Å²) >= 11 is 6.16. The number of amides is 3. The Bertz CT molecular complexity index is 1320. The third kappa shape index (κ3) is 8.55. The lowest BCUT2D eigenvalue weighted by Gasteiger charge is -2.25. The second-order valence-electron chi connectivity index (χ2n) is 9.78. The Morgan fingerprint density at radius 1 is 1.02 bits per heavy atom. The first-order chi connectivity index (χ1) is 19.4. The second kappa shape index (κ2) is 14.5. The Morgan fingerprint density at radius 3 is 2.60 bits per heavy atom. The molecule has 1 atom stereocenters. The third-order valence-corrected chi connectivity index (χ3v) is 6.94. The van der Waals surface area contributed by atoms with Gasteiger partial charge in [0.1, 0.15) is 18.2 Å². The van der Waals surface area contributed by atoms with Crippen LogP contribution in [0, 0.1) is 5.82 Å². The Morgan fingerprint density at radius 2 is 1.80 bits per heavy atom. The fraction of sp³-hybridized carbons (Fsp3) is 0.323. The molecule has 1 aliphatic rings. The summed E-state index contributed by atoms with van der Waals surface area (Å²) in [4.78, 5) is 40.8. The number of carbonyl (C=O) groups is 3. The molecule has 0 aromatic heterocycles. The highest BCUT2D eigenvalue weighted by molar-refractivity contribution is 6.31. The van der Waals surface area contributed by atoms with Gasteiger partial charge in [-0.25, -0.2) is 4.39 Å². The van der Waals surface area contributed by atoms with Crippen LogP contribution < -0.4 is 15.4 Å². The molecule has 0 spiro atoms. The molecule has 1 heterocycles. The Kier molecular flexibility index (Phi) is 10.5. The van der Waals surface area contributed by atoms with Crippen LogP contribution in [-0.2, 0) is 22.4 Å². The molecule has 1 aliphatic heterocycles. The van der Waals surface area contributed by atoms with Crippen molar-refractivity contribution < 1.29 is 23.5 Å². The van der Waals surface area contributed by atoms with Gasteiger partial charge in [-0.15, -0.1) is 0 Å². The molecule has 0 aliphatic carbocycles. The number of ether oxygens (including phenoxy) is 1. The van der Waals surface area contributed by atoms with Crippen molar-refractivity contribution in [1.82, 2.24) is 15.5 Å². The monoisotopic (exact) mass is 565 g/mol. The van der Waals surface area contributed by atoms with E-state index in [1.54, 1.807) is 36.4 Å². The van der Waals surface area contributed by atoms with Gasteiger partial charge in [-0.1, -0.05) is 60.1 Å². The van der Waals surface area contributed by atoms with Gasteiger partial charge in [0.15, 0.2) is 0 Å². The van der Waals surface area contributed by atoms with E-state index in [9.17, 15) is 18.8 Å². The number of hydrogen-bond acceptors (Lipinski definition) is 4. The van der Waals surface area contributed by atoms with Gasteiger partial charge in [-0.2, -0.15) is 0 Å². The van der Waals surface area contributed by atoms with Crippen molar-refractivity contribution in [2.45, 2.75) is 38.1 Å². The summed E-state index contributed by atoms with van der Waals surface area (Å²) in [6, 6.07) is 20.5. The predicted molar refractivity (Wildman–Crippen MR) is 152 cm³/mol. The van der Waals surface area contributed by atoms with Crippen molar-refractivity contribution in [2.75, 3.05) is 26.2 Å². The first-order valence-corrected chi connectivity index (χ1v) is 13.8. The smallest absolute Gasteiger partial charge is 0.255 e. The molecule has 3 aromatic carbocycles. The van der Waals surface area contributed by atoms with Crippen LogP contribution in [0.5, 0.6) is 5.75 Å². The number of benzene rings is 3. The second-order valence-corrected chi connectivity index (χ2v) is 10.2. The van der Waals surface area contributed by atoms with E-state index in [0.29, 0.717) is 54.3 Å². The Hall–Kier alpha value is -3.91. The largest absolute Gasteiger partial charge is 0.491 e. The van der Waals surface area contributed by atoms with E-state index in [-0.39, 0.29) is 49.5 Å². The molecule has 7 nitrogen and oxygen atoms in total. The maximum Gasteiger partial charge on any atom is 0.255 e. The first-order valence-electron chi connectivity index (χ1n) is 13.4. The quantitative estimate of drug-likeness (QED) is 0.474. The van der Waals surface area contributed by atoms with Crippen LogP contribution in [0.1, 0.15) is 40.7 Å². The molecule has 40 heavy (non-hydrogen) atoms. The van der Waals surface area contributed by atoms with Crippen LogP contribution in [0.2, 0.25) is 5.02 Å². The van der Waals surface area contributed by atoms with Crippen LogP contribution in [-0.4, -0.2) is 54.9 Å². The van der Waals surface area contributed by atoms with Crippen LogP contribution in [0.4, 0.5) is 4.39 Å². The fourth-order valence-electron chi connectivity index (χ4n) is 4.61. The van der Waals surface area contributed by atoms with Gasteiger partial charge < -0.3 is 20.3 Å². The van der Waals surface area contributed by atoms with Gasteiger partial charge in [0, 0.05) is 24.5 Å². The molecule has 9 heteroatoms. The average molecular weight is 566 g/mol. The van der Waals surface area contributed by atoms with Crippen molar-refractivity contribution in [3.8, 4) is 5.75 Å². The SMILES string of the molecule is O=C1CN(C(=O)CCc2ccccc2F)CCCCNC(=O)c2cc(Cl)ccc2OC[C@@H](Cc2ccccc2)N1. The molecule has 2 N–H and O–H groups in total. The van der Waals surface area contributed by atoms with Gasteiger partial charge in [0.25, 0.3) is 5.91 Å². The molecule has 0 bridgehead atoms. The van der Waals surface area contributed by atoms with E-state index in [1.807, 2.05) is 30.3 Å². The zero-order valence-electron chi connectivity index (χ0n) is 22.2. The van der Waals surface area contributed by atoms with Gasteiger partial charge in [-0.3, -0.25) is 14.4 Å². The zero-order valence-corrected chi connectivity index (χ0v) is 23.0. The fourth-order valence-corrected chi connectivity index (χ4v) is 4.78. The van der Waals surface area contributed by atoms with Crippen LogP contribution in [0.3, 0.4) is 0 Å². The topological polar surface area (TPSA) is 87.7 Å². The normalized spacial score (nSPS) is 16.9. The number of halogens is 2. The maximum absolute atomic E-state index is 14.1. The predicted octanol–water partition coefficient (Wildman–Crippen LogP) is 4.57. The lowest BCUT2D eigenvalue weighted by Crippen LogP contribution is -2.47. The lowest BCUT2D eigenvalue weighted by atomic mass is 10.1. The lowest BCUT2D eigenvalue weighted by molar-refractivity contribution is -0.136. The standard InChI is InChI=1S/C31H33ClFN3O4/c32-24-13-14-28-26(19-24)31(39)34-16-6-7-17-36(30(38)15-12-23-10-4-5-11-27(23)33)20-29(37)35-25(21-40-28)18-22-8-2-1-3-9-22/h1-5,8-11,13-14,19,25H,6-7,12,15-18,20-21H2,(H,34,39)(H,35,37)/t25-/m1/s1. The molecular weight excluding hydrogens is 533 g/mol. The number of aryl methyl sites for hydroxylation is 1. The highest BCUT2D eigenvalue weighted by Crippen LogP contribution is 2.23. The van der Waals surface area contributed by atoms with Crippen molar-refractivity contribution in [3.63, 3.8) is 0 Å². The third-order valence-electron chi connectivity index (χ3n) is 6.71. The number of fused-ring (bicyclic) bond motifs is 1. The maximum atomic E-state index is 14.1. The number of nitrogens with one attached hydrogen (secondary N) is 2. The highest BCUT2D eigenvalue weighted by Gasteiger charge is 2.22. The van der Waals surface area contributed by atoms with Crippen LogP contribution in [0.25, 0.3) is 0 Å². The average Bonchev–Trinajstić information content (AvgIpc) is 2.95. The summed E-state index contributed by atoms with van der Waals surface area (Å²) in [7, 11) is 0. The van der Waals surface area contributed by atoms with Gasteiger partial charge in [0.2, 0.25) is 11.8 Å². The molecule has 0 radical (unpaired) electrons. The first kappa shape index (κ1) is 29.1. The molecule has 4 rings (SSSR count). The van der Waals surface area contributed by atoms with Crippen molar-refractivity contribution in [3.05, 3.63) is 100 Å². The molecule has 0 unspecified atom stereocenters. The number of rotatable bonds is 5. The van der Waals surface area contributed by atoms with Crippen molar-refractivity contribution >= 4 is 29.3 Å². The molecule has 0 fully saturated rings. The highest BCUT2D eigenvalue weighted by atomic mass is 35.5. The molecule has 3 aromatic rings. The Labute approximate surface area is 238 Å². The van der Waals surface area contributed by atoms with Gasteiger partial charge >= 0.3 is 0 Å². The zero-order chi connectivity index (χ0) is 28.3. The summed E-state index contributed by atoms with van der Waals surface area (Å²) in [6.07, 6.45) is 1.98. The van der Waals surface area contributed by atoms with Crippen molar-refractivity contribution in [2.24, 2.45) is 0 Å². The van der Waals surface area contributed by atoms with E-state index in [0.717, 1.165) is 5.56 Å². The van der Waals surface area contributed by atoms with Gasteiger partial charge in [-0.05, 0) is 61.1 Å². The number of hydrogen-bond donors (Lipinski definition) is 2. The van der Waals surface area contributed by atoms with E-state index < -0.39 is 6.04 Å². The van der Waals surface area contributed by atoms with Crippen LogP contribution in [0.15, 0.2) is 72.8 Å².